The minimum Gasteiger partial charge on any atom is -0.352 e. The third-order valence-electron chi connectivity index (χ3n) is 3.74. The van der Waals surface area contributed by atoms with Crippen molar-refractivity contribution in [3.05, 3.63) is 40.3 Å². The van der Waals surface area contributed by atoms with Gasteiger partial charge >= 0.3 is 0 Å². The Kier molecular flexibility index (Phi) is 3.92. The molecule has 0 spiro atoms. The number of hydrogen-bond donors (Lipinski definition) is 1. The monoisotopic (exact) mass is 325 g/mol. The molecule has 1 aliphatic carbocycles. The third kappa shape index (κ3) is 2.91. The molecule has 7 heteroatoms. The molecule has 0 unspecified atom stereocenters. The van der Waals surface area contributed by atoms with E-state index in [1.807, 2.05) is 24.6 Å². The molecule has 1 fully saturated rings. The summed E-state index contributed by atoms with van der Waals surface area (Å²) in [5, 5.41) is 1.97. The van der Waals surface area contributed by atoms with Crippen LogP contribution < -0.4 is 5.73 Å². The number of nitrogens with zero attached hydrogens (tertiary/aromatic N) is 2. The molecule has 0 radical (unpaired) electrons. The molecule has 0 saturated heterocycles. The van der Waals surface area contributed by atoms with Crippen molar-refractivity contribution in [2.75, 3.05) is 0 Å². The zero-order valence-electron chi connectivity index (χ0n) is 11.9. The Morgan fingerprint density at radius 1 is 1.48 bits per heavy atom. The van der Waals surface area contributed by atoms with Gasteiger partial charge in [0, 0.05) is 42.9 Å². The Balaban J connectivity index is 1.93. The van der Waals surface area contributed by atoms with E-state index in [0.717, 1.165) is 23.4 Å². The average Bonchev–Trinajstić information content (AvgIpc) is 3.00. The van der Waals surface area contributed by atoms with Crippen LogP contribution in [0.3, 0.4) is 0 Å². The molecule has 0 aliphatic heterocycles. The van der Waals surface area contributed by atoms with Crippen LogP contribution in [0, 0.1) is 0 Å². The zero-order chi connectivity index (χ0) is 15.0. The van der Waals surface area contributed by atoms with Crippen LogP contribution in [-0.4, -0.2) is 23.3 Å². The highest BCUT2D eigenvalue weighted by atomic mass is 32.2. The number of rotatable bonds is 6. The number of aromatic nitrogens is 1. The number of sulfonamides is 1. The predicted octanol–water partition coefficient (Wildman–Crippen LogP) is 1.90. The van der Waals surface area contributed by atoms with E-state index in [-0.39, 0.29) is 6.04 Å². The van der Waals surface area contributed by atoms with Gasteiger partial charge in [0.15, 0.2) is 0 Å². The molecule has 5 nitrogen and oxygen atoms in total. The van der Waals surface area contributed by atoms with Crippen LogP contribution in [0.4, 0.5) is 0 Å². The summed E-state index contributed by atoms with van der Waals surface area (Å²) >= 11 is 1.59. The first-order valence-corrected chi connectivity index (χ1v) is 9.24. The van der Waals surface area contributed by atoms with E-state index in [0.29, 0.717) is 18.0 Å². The van der Waals surface area contributed by atoms with Gasteiger partial charge in [0.2, 0.25) is 10.0 Å². The number of nitrogens with two attached hydrogens (primary N) is 1. The van der Waals surface area contributed by atoms with Gasteiger partial charge in [-0.1, -0.05) is 6.07 Å². The molecule has 2 aromatic rings. The summed E-state index contributed by atoms with van der Waals surface area (Å²) in [6, 6.07) is 5.75. The fourth-order valence-electron chi connectivity index (χ4n) is 2.39. The molecule has 1 saturated carbocycles. The lowest BCUT2D eigenvalue weighted by molar-refractivity contribution is 0.401. The number of hydrogen-bond acceptors (Lipinski definition) is 4. The quantitative estimate of drug-likeness (QED) is 0.882. The fraction of sp³-hybridized carbons (Fsp3) is 0.429. The highest BCUT2D eigenvalue weighted by Gasteiger charge is 2.38. The van der Waals surface area contributed by atoms with E-state index in [1.165, 1.54) is 0 Å². The molecule has 21 heavy (non-hydrogen) atoms. The van der Waals surface area contributed by atoms with Crippen molar-refractivity contribution >= 4 is 21.4 Å². The second kappa shape index (κ2) is 5.57. The Labute approximate surface area is 129 Å². The van der Waals surface area contributed by atoms with Gasteiger partial charge in [-0.25, -0.2) is 8.42 Å². The highest BCUT2D eigenvalue weighted by molar-refractivity contribution is 7.89. The number of thiophene rings is 1. The van der Waals surface area contributed by atoms with Crippen molar-refractivity contribution in [2.24, 2.45) is 12.8 Å². The summed E-state index contributed by atoms with van der Waals surface area (Å²) in [6.45, 7) is 0.790. The van der Waals surface area contributed by atoms with Gasteiger partial charge in [-0.3, -0.25) is 0 Å². The van der Waals surface area contributed by atoms with E-state index >= 15 is 0 Å². The molecule has 0 amide bonds. The van der Waals surface area contributed by atoms with Crippen LogP contribution in [0.1, 0.15) is 23.4 Å². The van der Waals surface area contributed by atoms with Crippen molar-refractivity contribution in [1.29, 1.82) is 0 Å². The number of aryl methyl sites for hydroxylation is 1. The molecular weight excluding hydrogens is 306 g/mol. The molecule has 2 aromatic heterocycles. The molecule has 1 aliphatic rings. The largest absolute Gasteiger partial charge is 0.352 e. The van der Waals surface area contributed by atoms with Gasteiger partial charge in [0.05, 0.1) is 0 Å². The second-order valence-electron chi connectivity index (χ2n) is 5.34. The Morgan fingerprint density at radius 3 is 2.76 bits per heavy atom. The van der Waals surface area contributed by atoms with Crippen LogP contribution in [0.5, 0.6) is 0 Å². The topological polar surface area (TPSA) is 68.3 Å². The summed E-state index contributed by atoms with van der Waals surface area (Å²) in [4.78, 5) is 1.41. The van der Waals surface area contributed by atoms with Crippen LogP contribution in [0.25, 0.3) is 0 Å². The van der Waals surface area contributed by atoms with Crippen LogP contribution >= 0.6 is 11.3 Å². The lowest BCUT2D eigenvalue weighted by Crippen LogP contribution is -2.32. The van der Waals surface area contributed by atoms with E-state index in [2.05, 4.69) is 0 Å². The minimum absolute atomic E-state index is 0.138. The molecule has 114 valence electrons. The molecule has 3 rings (SSSR count). The molecular formula is C14H19N3O2S2. The normalized spacial score (nSPS) is 15.8. The van der Waals surface area contributed by atoms with Crippen LogP contribution in [-0.2, 0) is 30.2 Å². The summed E-state index contributed by atoms with van der Waals surface area (Å²) in [5.41, 5.74) is 6.46. The van der Waals surface area contributed by atoms with Gasteiger partial charge in [0.25, 0.3) is 0 Å². The average molecular weight is 325 g/mol. The van der Waals surface area contributed by atoms with Crippen molar-refractivity contribution in [3.8, 4) is 0 Å². The first kappa shape index (κ1) is 14.8. The van der Waals surface area contributed by atoms with Gasteiger partial charge < -0.3 is 10.3 Å². The van der Waals surface area contributed by atoms with E-state index < -0.39 is 10.0 Å². The van der Waals surface area contributed by atoms with E-state index in [1.54, 1.807) is 32.5 Å². The van der Waals surface area contributed by atoms with E-state index in [9.17, 15) is 8.42 Å². The second-order valence-corrected chi connectivity index (χ2v) is 8.27. The summed E-state index contributed by atoms with van der Waals surface area (Å²) in [7, 11) is -1.64. The summed E-state index contributed by atoms with van der Waals surface area (Å²) < 4.78 is 29.2. The first-order valence-electron chi connectivity index (χ1n) is 6.92. The maximum absolute atomic E-state index is 12.9. The molecule has 0 aromatic carbocycles. The first-order chi connectivity index (χ1) is 10.0. The highest BCUT2D eigenvalue weighted by Crippen LogP contribution is 2.34. The van der Waals surface area contributed by atoms with Crippen molar-refractivity contribution in [3.63, 3.8) is 0 Å². The van der Waals surface area contributed by atoms with Crippen LogP contribution in [0.2, 0.25) is 0 Å². The molecule has 0 bridgehead atoms. The Bertz CT molecular complexity index is 715. The van der Waals surface area contributed by atoms with E-state index in [4.69, 9.17) is 5.73 Å². The standard InChI is InChI=1S/C14H19N3O2S2/c1-16-10-14(7-12(16)8-15)21(18,19)17(11-4-5-11)9-13-3-2-6-20-13/h2-3,6-7,10-11H,4-5,8-9,15H2,1H3. The Morgan fingerprint density at radius 2 is 2.24 bits per heavy atom. The summed E-state index contributed by atoms with van der Waals surface area (Å²) in [6.07, 6.45) is 3.55. The molecule has 2 heterocycles. The lowest BCUT2D eigenvalue weighted by atomic mass is 10.4. The molecule has 2 N–H and O–H groups in total. The SMILES string of the molecule is Cn1cc(S(=O)(=O)N(Cc2cccs2)C2CC2)cc1CN. The lowest BCUT2D eigenvalue weighted by Gasteiger charge is -2.20. The van der Waals surface area contributed by atoms with Crippen molar-refractivity contribution < 1.29 is 8.42 Å². The van der Waals surface area contributed by atoms with Crippen LogP contribution in [0.15, 0.2) is 34.7 Å². The third-order valence-corrected chi connectivity index (χ3v) is 6.47. The van der Waals surface area contributed by atoms with Gasteiger partial charge in [-0.05, 0) is 30.4 Å². The van der Waals surface area contributed by atoms with Gasteiger partial charge in [-0.15, -0.1) is 11.3 Å². The minimum atomic E-state index is -3.46. The molecule has 0 atom stereocenters. The van der Waals surface area contributed by atoms with Gasteiger partial charge in [0.1, 0.15) is 4.90 Å². The predicted molar refractivity (Wildman–Crippen MR) is 83.4 cm³/mol. The Hall–Kier alpha value is -1.15. The maximum atomic E-state index is 12.9. The van der Waals surface area contributed by atoms with Crippen molar-refractivity contribution in [2.45, 2.75) is 36.9 Å². The van der Waals surface area contributed by atoms with Gasteiger partial charge in [-0.2, -0.15) is 4.31 Å². The maximum Gasteiger partial charge on any atom is 0.245 e. The summed E-state index contributed by atoms with van der Waals surface area (Å²) in [5.74, 6) is 0. The smallest absolute Gasteiger partial charge is 0.245 e. The zero-order valence-corrected chi connectivity index (χ0v) is 13.5. The fourth-order valence-corrected chi connectivity index (χ4v) is 4.93. The van der Waals surface area contributed by atoms with Crippen molar-refractivity contribution in [1.82, 2.24) is 8.87 Å².